The van der Waals surface area contributed by atoms with E-state index in [9.17, 15) is 24.0 Å². The van der Waals surface area contributed by atoms with E-state index >= 15 is 0 Å². The van der Waals surface area contributed by atoms with Crippen LogP contribution in [0.15, 0.2) is 23.0 Å². The van der Waals surface area contributed by atoms with Gasteiger partial charge in [-0.25, -0.2) is 9.59 Å². The fourth-order valence-electron chi connectivity index (χ4n) is 4.52. The third kappa shape index (κ3) is 5.07. The number of piperidine rings is 1. The second-order valence-corrected chi connectivity index (χ2v) is 8.92. The van der Waals surface area contributed by atoms with Gasteiger partial charge >= 0.3 is 11.9 Å². The number of aromatic nitrogens is 2. The number of carbonyl (C=O) groups is 4. The molecule has 2 atom stereocenters. The zero-order valence-corrected chi connectivity index (χ0v) is 20.2. The first-order chi connectivity index (χ1) is 17.2. The Balaban J connectivity index is 1.66. The summed E-state index contributed by atoms with van der Waals surface area (Å²) < 4.78 is 9.42. The van der Waals surface area contributed by atoms with Crippen molar-refractivity contribution >= 4 is 41.2 Å². The lowest BCUT2D eigenvalue weighted by Crippen LogP contribution is -2.40. The van der Waals surface area contributed by atoms with Crippen LogP contribution < -0.4 is 21.1 Å². The molecule has 12 nitrogen and oxygen atoms in total. The Morgan fingerprint density at radius 3 is 2.36 bits per heavy atom. The van der Waals surface area contributed by atoms with Crippen LogP contribution in [0.3, 0.4) is 0 Å². The number of nitrogens with zero attached hydrogens (tertiary/aromatic N) is 2. The standard InChI is InChI=1S/C24H27N5O7/c1-12-5-4-6-29(11-12)24-27-19-18(21(32)28-24)16(10-17(30)26-19)20(31)25-15-8-13(22(33)35-2)7-14(9-15)23(34)36-3/h7-9,12,16H,4-6,10-11H2,1-3H3,(H,25,31)(H2,26,27,28,30,32)/t12-,16+/m1/s1. The summed E-state index contributed by atoms with van der Waals surface area (Å²) in [7, 11) is 2.36. The molecule has 3 heterocycles. The summed E-state index contributed by atoms with van der Waals surface area (Å²) in [6.07, 6.45) is 1.77. The first-order valence-corrected chi connectivity index (χ1v) is 11.5. The van der Waals surface area contributed by atoms with E-state index in [1.165, 1.54) is 32.4 Å². The number of fused-ring (bicyclic) bond motifs is 1. The quantitative estimate of drug-likeness (QED) is 0.522. The molecule has 1 fully saturated rings. The molecule has 2 aromatic rings. The summed E-state index contributed by atoms with van der Waals surface area (Å²) in [6.45, 7) is 3.56. The van der Waals surface area contributed by atoms with Gasteiger partial charge in [0.15, 0.2) is 0 Å². The SMILES string of the molecule is COC(=O)c1cc(NC(=O)[C@H]2CC(=O)Nc3nc(N4CCC[C@@H](C)C4)[nH]c(=O)c32)cc(C(=O)OC)c1. The van der Waals surface area contributed by atoms with E-state index in [2.05, 4.69) is 27.5 Å². The molecule has 0 radical (unpaired) electrons. The number of rotatable bonds is 5. The molecule has 1 aromatic heterocycles. The van der Waals surface area contributed by atoms with Gasteiger partial charge in [-0.15, -0.1) is 0 Å². The Morgan fingerprint density at radius 1 is 1.08 bits per heavy atom. The molecule has 1 aromatic carbocycles. The van der Waals surface area contributed by atoms with Crippen molar-refractivity contribution in [2.75, 3.05) is 42.8 Å². The number of aromatic amines is 1. The van der Waals surface area contributed by atoms with Gasteiger partial charge in [-0.3, -0.25) is 19.4 Å². The first kappa shape index (κ1) is 24.9. The molecule has 0 unspecified atom stereocenters. The van der Waals surface area contributed by atoms with Crippen LogP contribution in [0.4, 0.5) is 17.5 Å². The van der Waals surface area contributed by atoms with Crippen molar-refractivity contribution in [1.29, 1.82) is 0 Å². The molecule has 0 saturated carbocycles. The molecular weight excluding hydrogens is 470 g/mol. The lowest BCUT2D eigenvalue weighted by atomic mass is 9.92. The number of hydrogen-bond acceptors (Lipinski definition) is 9. The minimum Gasteiger partial charge on any atom is -0.465 e. The zero-order chi connectivity index (χ0) is 26.0. The van der Waals surface area contributed by atoms with E-state index in [1.54, 1.807) is 0 Å². The summed E-state index contributed by atoms with van der Waals surface area (Å²) in [5.41, 5.74) is -0.362. The van der Waals surface area contributed by atoms with Crippen molar-refractivity contribution in [2.24, 2.45) is 5.92 Å². The number of anilines is 3. The smallest absolute Gasteiger partial charge is 0.337 e. The van der Waals surface area contributed by atoms with Crippen molar-refractivity contribution in [2.45, 2.75) is 32.1 Å². The van der Waals surface area contributed by atoms with Gasteiger partial charge in [0.05, 0.1) is 36.8 Å². The summed E-state index contributed by atoms with van der Waals surface area (Å²) in [5.74, 6) is -2.89. The number of nitrogens with one attached hydrogen (secondary N) is 3. The van der Waals surface area contributed by atoms with Gasteiger partial charge in [0.2, 0.25) is 17.8 Å². The van der Waals surface area contributed by atoms with E-state index in [0.717, 1.165) is 25.9 Å². The average Bonchev–Trinajstić information content (AvgIpc) is 2.86. The number of ether oxygens (including phenoxy) is 2. The summed E-state index contributed by atoms with van der Waals surface area (Å²) in [4.78, 5) is 72.0. The van der Waals surface area contributed by atoms with Crippen LogP contribution >= 0.6 is 0 Å². The van der Waals surface area contributed by atoms with Crippen molar-refractivity contribution in [1.82, 2.24) is 9.97 Å². The molecule has 1 saturated heterocycles. The fraction of sp³-hybridized carbons (Fsp3) is 0.417. The monoisotopic (exact) mass is 497 g/mol. The highest BCUT2D eigenvalue weighted by atomic mass is 16.5. The van der Waals surface area contributed by atoms with Gasteiger partial charge < -0.3 is 25.0 Å². The minimum atomic E-state index is -1.14. The van der Waals surface area contributed by atoms with E-state index in [-0.39, 0.29) is 34.6 Å². The highest BCUT2D eigenvalue weighted by Gasteiger charge is 2.35. The molecule has 0 aliphatic carbocycles. The number of H-pyrrole nitrogens is 1. The Bertz CT molecular complexity index is 1250. The molecular formula is C24H27N5O7. The molecule has 36 heavy (non-hydrogen) atoms. The highest BCUT2D eigenvalue weighted by Crippen LogP contribution is 2.31. The number of esters is 2. The van der Waals surface area contributed by atoms with Crippen molar-refractivity contribution in [3.05, 3.63) is 45.2 Å². The van der Waals surface area contributed by atoms with Crippen molar-refractivity contribution in [3.63, 3.8) is 0 Å². The molecule has 4 rings (SSSR count). The number of benzene rings is 1. The van der Waals surface area contributed by atoms with Crippen LogP contribution in [-0.4, -0.2) is 61.0 Å². The molecule has 0 bridgehead atoms. The molecule has 0 spiro atoms. The topological polar surface area (TPSA) is 160 Å². The van der Waals surface area contributed by atoms with E-state index in [1.807, 2.05) is 4.90 Å². The third-order valence-electron chi connectivity index (χ3n) is 6.25. The maximum absolute atomic E-state index is 13.2. The van der Waals surface area contributed by atoms with Crippen LogP contribution in [0.2, 0.25) is 0 Å². The van der Waals surface area contributed by atoms with Gasteiger partial charge in [-0.05, 0) is 37.0 Å². The molecule has 2 amide bonds. The fourth-order valence-corrected chi connectivity index (χ4v) is 4.52. The Hall–Kier alpha value is -4.22. The number of methoxy groups -OCH3 is 2. The van der Waals surface area contributed by atoms with E-state index in [0.29, 0.717) is 11.9 Å². The van der Waals surface area contributed by atoms with E-state index in [4.69, 9.17) is 9.47 Å². The number of carbonyl (C=O) groups excluding carboxylic acids is 4. The number of hydrogen-bond donors (Lipinski definition) is 3. The van der Waals surface area contributed by atoms with Gasteiger partial charge in [0.1, 0.15) is 5.82 Å². The molecule has 190 valence electrons. The second kappa shape index (κ2) is 10.2. The lowest BCUT2D eigenvalue weighted by Gasteiger charge is -2.32. The Morgan fingerprint density at radius 2 is 1.75 bits per heavy atom. The molecule has 2 aliphatic rings. The first-order valence-electron chi connectivity index (χ1n) is 11.5. The minimum absolute atomic E-state index is 0.0115. The number of amides is 2. The Kier molecular flexibility index (Phi) is 7.04. The van der Waals surface area contributed by atoms with Crippen LogP contribution in [0.25, 0.3) is 0 Å². The maximum Gasteiger partial charge on any atom is 0.337 e. The summed E-state index contributed by atoms with van der Waals surface area (Å²) in [5, 5.41) is 5.20. The lowest BCUT2D eigenvalue weighted by molar-refractivity contribution is -0.123. The summed E-state index contributed by atoms with van der Waals surface area (Å²) in [6, 6.07) is 3.92. The van der Waals surface area contributed by atoms with Gasteiger partial charge in [0.25, 0.3) is 5.56 Å². The van der Waals surface area contributed by atoms with Gasteiger partial charge in [-0.1, -0.05) is 6.92 Å². The van der Waals surface area contributed by atoms with Crippen LogP contribution in [0, 0.1) is 5.92 Å². The normalized spacial score (nSPS) is 19.1. The largest absolute Gasteiger partial charge is 0.465 e. The highest BCUT2D eigenvalue weighted by molar-refractivity contribution is 6.05. The molecule has 3 N–H and O–H groups in total. The zero-order valence-electron chi connectivity index (χ0n) is 20.2. The predicted molar refractivity (Wildman–Crippen MR) is 129 cm³/mol. The molecule has 2 aliphatic heterocycles. The van der Waals surface area contributed by atoms with Crippen LogP contribution in [0.5, 0.6) is 0 Å². The third-order valence-corrected chi connectivity index (χ3v) is 6.25. The summed E-state index contributed by atoms with van der Waals surface area (Å²) >= 11 is 0. The van der Waals surface area contributed by atoms with Crippen molar-refractivity contribution < 1.29 is 28.7 Å². The van der Waals surface area contributed by atoms with Crippen molar-refractivity contribution in [3.8, 4) is 0 Å². The van der Waals surface area contributed by atoms with Gasteiger partial charge in [-0.2, -0.15) is 4.98 Å². The second-order valence-electron chi connectivity index (χ2n) is 8.92. The van der Waals surface area contributed by atoms with E-state index < -0.39 is 35.2 Å². The average molecular weight is 498 g/mol. The van der Waals surface area contributed by atoms with Gasteiger partial charge in [0, 0.05) is 25.2 Å². The molecule has 12 heteroatoms. The van der Waals surface area contributed by atoms with Crippen LogP contribution in [-0.2, 0) is 19.1 Å². The maximum atomic E-state index is 13.2. The van der Waals surface area contributed by atoms with Crippen LogP contribution in [0.1, 0.15) is 58.4 Å². The predicted octanol–water partition coefficient (Wildman–Crippen LogP) is 1.64. The Labute approximate surface area is 206 Å².